The molecule has 0 aliphatic rings. The number of hydrogen-bond acceptors (Lipinski definition) is 3. The topological polar surface area (TPSA) is 65.2 Å². The Kier molecular flexibility index (Phi) is 4.25. The van der Waals surface area contributed by atoms with Crippen LogP contribution in [0.15, 0.2) is 23.1 Å². The number of carbonyl (C=O) groups is 1. The van der Waals surface area contributed by atoms with Crippen LogP contribution in [-0.4, -0.2) is 42.5 Å². The molecule has 5 heteroatoms. The Hall–Kier alpha value is -1.62. The summed E-state index contributed by atoms with van der Waals surface area (Å²) in [7, 11) is 3.91. The van der Waals surface area contributed by atoms with Gasteiger partial charge in [-0.05, 0) is 27.1 Å². The monoisotopic (exact) mass is 223 g/mol. The molecule has 16 heavy (non-hydrogen) atoms. The molecule has 1 amide bonds. The first-order valence-corrected chi connectivity index (χ1v) is 5.14. The van der Waals surface area contributed by atoms with Crippen molar-refractivity contribution in [2.45, 2.75) is 13.0 Å². The van der Waals surface area contributed by atoms with E-state index in [2.05, 4.69) is 10.3 Å². The number of nitrogens with zero attached hydrogens (tertiary/aromatic N) is 1. The highest BCUT2D eigenvalue weighted by Gasteiger charge is 2.08. The van der Waals surface area contributed by atoms with E-state index in [9.17, 15) is 9.59 Å². The number of carbonyl (C=O) groups excluding carboxylic acids is 1. The maximum Gasteiger partial charge on any atom is 0.252 e. The van der Waals surface area contributed by atoms with Gasteiger partial charge in [0, 0.05) is 24.8 Å². The number of H-pyrrole nitrogens is 1. The van der Waals surface area contributed by atoms with Crippen molar-refractivity contribution in [3.8, 4) is 0 Å². The first kappa shape index (κ1) is 12.4. The van der Waals surface area contributed by atoms with Gasteiger partial charge in [-0.15, -0.1) is 0 Å². The molecule has 2 N–H and O–H groups in total. The zero-order valence-corrected chi connectivity index (χ0v) is 9.78. The third-order valence-corrected chi connectivity index (χ3v) is 2.49. The molecule has 0 aromatic carbocycles. The fraction of sp³-hybridized carbons (Fsp3) is 0.455. The Labute approximate surface area is 94.5 Å². The van der Waals surface area contributed by atoms with Crippen LogP contribution in [0.4, 0.5) is 0 Å². The second-order valence-corrected chi connectivity index (χ2v) is 3.96. The van der Waals surface area contributed by atoms with Crippen LogP contribution in [0.3, 0.4) is 0 Å². The third-order valence-electron chi connectivity index (χ3n) is 2.49. The number of rotatable bonds is 4. The Bertz CT molecular complexity index is 391. The van der Waals surface area contributed by atoms with Crippen molar-refractivity contribution in [3.05, 3.63) is 34.2 Å². The van der Waals surface area contributed by atoms with Gasteiger partial charge in [-0.3, -0.25) is 9.59 Å². The summed E-state index contributed by atoms with van der Waals surface area (Å²) in [5, 5.41) is 2.80. The molecule has 0 spiro atoms. The van der Waals surface area contributed by atoms with Gasteiger partial charge in [0.1, 0.15) is 0 Å². The largest absolute Gasteiger partial charge is 0.350 e. The zero-order valence-electron chi connectivity index (χ0n) is 9.78. The van der Waals surface area contributed by atoms with E-state index in [-0.39, 0.29) is 17.5 Å². The first-order valence-electron chi connectivity index (χ1n) is 5.14. The second-order valence-electron chi connectivity index (χ2n) is 3.96. The average molecular weight is 223 g/mol. The predicted octanol–water partition coefficient (Wildman–Crippen LogP) is 0.0548. The summed E-state index contributed by atoms with van der Waals surface area (Å²) in [5.41, 5.74) is 0.253. The molecule has 0 fully saturated rings. The van der Waals surface area contributed by atoms with E-state index in [1.54, 1.807) is 0 Å². The summed E-state index contributed by atoms with van der Waals surface area (Å²) in [4.78, 5) is 26.9. The fourth-order valence-corrected chi connectivity index (χ4v) is 1.08. The van der Waals surface area contributed by atoms with Crippen LogP contribution in [0.1, 0.15) is 17.3 Å². The van der Waals surface area contributed by atoms with E-state index in [0.29, 0.717) is 12.1 Å². The molecule has 1 aromatic heterocycles. The second kappa shape index (κ2) is 5.46. The average Bonchev–Trinajstić information content (AvgIpc) is 2.26. The maximum atomic E-state index is 11.6. The van der Waals surface area contributed by atoms with Gasteiger partial charge in [0.2, 0.25) is 5.56 Å². The van der Waals surface area contributed by atoms with Crippen LogP contribution in [0, 0.1) is 0 Å². The minimum atomic E-state index is -0.210. The summed E-state index contributed by atoms with van der Waals surface area (Å²) in [5.74, 6) is -0.176. The van der Waals surface area contributed by atoms with Gasteiger partial charge in [-0.2, -0.15) is 0 Å². The highest BCUT2D eigenvalue weighted by molar-refractivity contribution is 5.93. The zero-order chi connectivity index (χ0) is 12.1. The molecule has 0 saturated heterocycles. The van der Waals surface area contributed by atoms with Gasteiger partial charge < -0.3 is 15.2 Å². The lowest BCUT2D eigenvalue weighted by Gasteiger charge is -2.19. The number of pyridine rings is 1. The van der Waals surface area contributed by atoms with Crippen molar-refractivity contribution < 1.29 is 4.79 Å². The van der Waals surface area contributed by atoms with E-state index in [4.69, 9.17) is 0 Å². The molecule has 88 valence electrons. The smallest absolute Gasteiger partial charge is 0.252 e. The summed E-state index contributed by atoms with van der Waals surface area (Å²) in [6.45, 7) is 2.60. The Morgan fingerprint density at radius 3 is 2.69 bits per heavy atom. The van der Waals surface area contributed by atoms with Crippen molar-refractivity contribution in [3.63, 3.8) is 0 Å². The van der Waals surface area contributed by atoms with Gasteiger partial charge in [-0.1, -0.05) is 0 Å². The molecule has 1 unspecified atom stereocenters. The molecular weight excluding hydrogens is 206 g/mol. The normalized spacial score (nSPS) is 12.5. The molecule has 0 aliphatic carbocycles. The van der Waals surface area contributed by atoms with Crippen LogP contribution >= 0.6 is 0 Å². The molecule has 0 radical (unpaired) electrons. The highest BCUT2D eigenvalue weighted by atomic mass is 16.1. The number of likely N-dealkylation sites (N-methyl/N-ethyl adjacent to an activating group) is 1. The van der Waals surface area contributed by atoms with Crippen molar-refractivity contribution in [1.29, 1.82) is 0 Å². The van der Waals surface area contributed by atoms with Crippen LogP contribution < -0.4 is 10.9 Å². The van der Waals surface area contributed by atoms with Crippen molar-refractivity contribution in [2.24, 2.45) is 0 Å². The fourth-order valence-electron chi connectivity index (χ4n) is 1.08. The van der Waals surface area contributed by atoms with Crippen LogP contribution in [0.5, 0.6) is 0 Å². The summed E-state index contributed by atoms with van der Waals surface area (Å²) in [6, 6.07) is 3.12. The van der Waals surface area contributed by atoms with Crippen LogP contribution in [-0.2, 0) is 0 Å². The van der Waals surface area contributed by atoms with E-state index >= 15 is 0 Å². The van der Waals surface area contributed by atoms with Gasteiger partial charge in [0.15, 0.2) is 0 Å². The van der Waals surface area contributed by atoms with Crippen LogP contribution in [0.25, 0.3) is 0 Å². The quantitative estimate of drug-likeness (QED) is 0.758. The Morgan fingerprint density at radius 1 is 1.50 bits per heavy atom. The van der Waals surface area contributed by atoms with Gasteiger partial charge >= 0.3 is 0 Å². The predicted molar refractivity (Wildman–Crippen MR) is 62.5 cm³/mol. The molecule has 1 heterocycles. The summed E-state index contributed by atoms with van der Waals surface area (Å²) in [6.07, 6.45) is 1.41. The van der Waals surface area contributed by atoms with E-state index in [1.807, 2.05) is 25.9 Å². The number of hydrogen-bond donors (Lipinski definition) is 2. The van der Waals surface area contributed by atoms with Crippen molar-refractivity contribution in [1.82, 2.24) is 15.2 Å². The molecule has 0 saturated carbocycles. The lowest BCUT2D eigenvalue weighted by molar-refractivity contribution is 0.0943. The number of amides is 1. The minimum absolute atomic E-state index is 0.176. The highest BCUT2D eigenvalue weighted by Crippen LogP contribution is 1.94. The number of aromatic amines is 1. The molecule has 1 atom stereocenters. The lowest BCUT2D eigenvalue weighted by atomic mass is 10.2. The SMILES string of the molecule is CC(CNC(=O)c1ccc(=O)[nH]c1)N(C)C. The van der Waals surface area contributed by atoms with E-state index in [0.717, 1.165) is 0 Å². The maximum absolute atomic E-state index is 11.6. The Balaban J connectivity index is 2.53. The molecule has 0 aliphatic heterocycles. The lowest BCUT2D eigenvalue weighted by Crippen LogP contribution is -2.38. The first-order chi connectivity index (χ1) is 7.50. The number of aromatic nitrogens is 1. The molecular formula is C11H17N3O2. The standard InChI is InChI=1S/C11H17N3O2/c1-8(14(2)3)6-13-11(16)9-4-5-10(15)12-7-9/h4-5,7-8H,6H2,1-3H3,(H,12,15)(H,13,16). The Morgan fingerprint density at radius 2 is 2.19 bits per heavy atom. The summed E-state index contributed by atoms with van der Waals surface area (Å²) >= 11 is 0. The van der Waals surface area contributed by atoms with E-state index in [1.165, 1.54) is 18.3 Å². The van der Waals surface area contributed by atoms with Gasteiger partial charge in [0.25, 0.3) is 5.91 Å². The summed E-state index contributed by atoms with van der Waals surface area (Å²) < 4.78 is 0. The van der Waals surface area contributed by atoms with Gasteiger partial charge in [0.05, 0.1) is 5.56 Å². The van der Waals surface area contributed by atoms with Gasteiger partial charge in [-0.25, -0.2) is 0 Å². The molecule has 0 bridgehead atoms. The molecule has 5 nitrogen and oxygen atoms in total. The van der Waals surface area contributed by atoms with E-state index < -0.39 is 0 Å². The van der Waals surface area contributed by atoms with Crippen LogP contribution in [0.2, 0.25) is 0 Å². The number of nitrogens with one attached hydrogen (secondary N) is 2. The van der Waals surface area contributed by atoms with Crippen molar-refractivity contribution >= 4 is 5.91 Å². The third kappa shape index (κ3) is 3.51. The minimum Gasteiger partial charge on any atom is -0.350 e. The molecule has 1 rings (SSSR count). The van der Waals surface area contributed by atoms with Crippen molar-refractivity contribution in [2.75, 3.05) is 20.6 Å². The molecule has 1 aromatic rings.